The molecule has 1 heterocycles. The molecule has 1 aromatic rings. The van der Waals surface area contributed by atoms with Gasteiger partial charge in [0.2, 0.25) is 0 Å². The Morgan fingerprint density at radius 3 is 2.41 bits per heavy atom. The molecule has 0 aliphatic heterocycles. The molecular formula is C14H23BrN2. The summed E-state index contributed by atoms with van der Waals surface area (Å²) in [7, 11) is 0. The minimum absolute atomic E-state index is 0.344. The maximum Gasteiger partial charge on any atom is 0.0413 e. The molecule has 0 fully saturated rings. The highest BCUT2D eigenvalue weighted by Gasteiger charge is 2.26. The first-order valence-electron chi connectivity index (χ1n) is 6.47. The van der Waals surface area contributed by atoms with Crippen molar-refractivity contribution in [2.75, 3.05) is 13.1 Å². The van der Waals surface area contributed by atoms with Crippen LogP contribution in [0.1, 0.15) is 39.3 Å². The molecule has 0 saturated heterocycles. The van der Waals surface area contributed by atoms with Gasteiger partial charge in [-0.15, -0.1) is 0 Å². The predicted octanol–water partition coefficient (Wildman–Crippen LogP) is 3.80. The molecular weight excluding hydrogens is 276 g/mol. The van der Waals surface area contributed by atoms with Gasteiger partial charge in [0.15, 0.2) is 0 Å². The van der Waals surface area contributed by atoms with Crippen molar-refractivity contribution in [2.45, 2.75) is 40.0 Å². The number of aromatic nitrogens is 1. The molecule has 0 saturated carbocycles. The highest BCUT2D eigenvalue weighted by Crippen LogP contribution is 2.29. The van der Waals surface area contributed by atoms with Gasteiger partial charge < -0.3 is 5.32 Å². The summed E-state index contributed by atoms with van der Waals surface area (Å²) in [6.07, 6.45) is 5.32. The van der Waals surface area contributed by atoms with E-state index >= 15 is 0 Å². The minimum atomic E-state index is 0.344. The van der Waals surface area contributed by atoms with Crippen molar-refractivity contribution < 1.29 is 0 Å². The number of rotatable bonds is 7. The Balaban J connectivity index is 2.74. The van der Waals surface area contributed by atoms with Crippen LogP contribution in [0.5, 0.6) is 0 Å². The number of pyridine rings is 1. The third-order valence-corrected chi connectivity index (χ3v) is 4.06. The number of nitrogens with zero attached hydrogens (tertiary/aromatic N) is 1. The lowest BCUT2D eigenvalue weighted by Crippen LogP contribution is -2.35. The number of hydrogen-bond donors (Lipinski definition) is 1. The summed E-state index contributed by atoms with van der Waals surface area (Å²) in [5.41, 5.74) is 1.53. The highest BCUT2D eigenvalue weighted by atomic mass is 79.9. The molecule has 2 nitrogen and oxygen atoms in total. The van der Waals surface area contributed by atoms with E-state index in [1.165, 1.54) is 18.5 Å². The third-order valence-electron chi connectivity index (χ3n) is 3.59. The molecule has 0 radical (unpaired) electrons. The lowest BCUT2D eigenvalue weighted by molar-refractivity contribution is 0.246. The Kier molecular flexibility index (Phi) is 6.14. The van der Waals surface area contributed by atoms with E-state index in [0.29, 0.717) is 5.41 Å². The van der Waals surface area contributed by atoms with E-state index in [1.54, 1.807) is 0 Å². The van der Waals surface area contributed by atoms with E-state index < -0.39 is 0 Å². The smallest absolute Gasteiger partial charge is 0.0413 e. The monoisotopic (exact) mass is 298 g/mol. The Morgan fingerprint density at radius 1 is 1.24 bits per heavy atom. The molecule has 0 aromatic carbocycles. The second kappa shape index (κ2) is 7.12. The number of hydrogen-bond acceptors (Lipinski definition) is 2. The molecule has 0 unspecified atom stereocenters. The van der Waals surface area contributed by atoms with Crippen molar-refractivity contribution in [3.8, 4) is 0 Å². The zero-order valence-corrected chi connectivity index (χ0v) is 12.7. The van der Waals surface area contributed by atoms with Crippen LogP contribution in [0.2, 0.25) is 0 Å². The first-order valence-corrected chi connectivity index (χ1v) is 7.26. The topological polar surface area (TPSA) is 24.9 Å². The summed E-state index contributed by atoms with van der Waals surface area (Å²) < 4.78 is 1.05. The Hall–Kier alpha value is -0.410. The highest BCUT2D eigenvalue weighted by molar-refractivity contribution is 9.10. The van der Waals surface area contributed by atoms with Crippen molar-refractivity contribution >= 4 is 15.9 Å². The van der Waals surface area contributed by atoms with Crippen molar-refractivity contribution in [1.82, 2.24) is 10.3 Å². The van der Waals surface area contributed by atoms with E-state index in [0.717, 1.165) is 24.0 Å². The van der Waals surface area contributed by atoms with Gasteiger partial charge in [-0.2, -0.15) is 0 Å². The largest absolute Gasteiger partial charge is 0.316 e. The molecule has 96 valence electrons. The van der Waals surface area contributed by atoms with Crippen LogP contribution < -0.4 is 5.32 Å². The maximum atomic E-state index is 4.49. The van der Waals surface area contributed by atoms with Crippen LogP contribution in [0.4, 0.5) is 0 Å². The van der Waals surface area contributed by atoms with Gasteiger partial charge in [-0.1, -0.05) is 20.8 Å². The van der Waals surface area contributed by atoms with Gasteiger partial charge in [-0.3, -0.25) is 4.98 Å². The summed E-state index contributed by atoms with van der Waals surface area (Å²) in [6, 6.07) is 4.20. The zero-order chi connectivity index (χ0) is 12.7. The second-order valence-electron chi connectivity index (χ2n) is 4.63. The van der Waals surface area contributed by atoms with Gasteiger partial charge in [0.25, 0.3) is 0 Å². The van der Waals surface area contributed by atoms with Crippen LogP contribution in [0.15, 0.2) is 22.8 Å². The SMILES string of the molecule is CCNCC(CC)(CC)Cc1ccc(Br)cn1. The van der Waals surface area contributed by atoms with Crippen LogP contribution in [0.3, 0.4) is 0 Å². The second-order valence-corrected chi connectivity index (χ2v) is 5.55. The van der Waals surface area contributed by atoms with Crippen LogP contribution in [0.25, 0.3) is 0 Å². The summed E-state index contributed by atoms with van der Waals surface area (Å²) in [5.74, 6) is 0. The molecule has 0 bridgehead atoms. The molecule has 1 N–H and O–H groups in total. The number of halogens is 1. The standard InChI is InChI=1S/C14H23BrN2/c1-4-14(5-2,11-16-6-3)9-13-8-7-12(15)10-17-13/h7-8,10,16H,4-6,9,11H2,1-3H3. The summed E-state index contributed by atoms with van der Waals surface area (Å²) in [6.45, 7) is 8.83. The normalized spacial score (nSPS) is 11.8. The number of nitrogens with one attached hydrogen (secondary N) is 1. The first kappa shape index (κ1) is 14.7. The van der Waals surface area contributed by atoms with Gasteiger partial charge in [-0.05, 0) is 59.3 Å². The summed E-state index contributed by atoms with van der Waals surface area (Å²) in [5, 5.41) is 3.49. The van der Waals surface area contributed by atoms with Crippen LogP contribution in [0, 0.1) is 5.41 Å². The Morgan fingerprint density at radius 2 is 1.94 bits per heavy atom. The molecule has 1 aromatic heterocycles. The molecule has 1 rings (SSSR count). The van der Waals surface area contributed by atoms with Crippen molar-refractivity contribution in [3.63, 3.8) is 0 Å². The zero-order valence-electron chi connectivity index (χ0n) is 11.1. The molecule has 0 amide bonds. The molecule has 17 heavy (non-hydrogen) atoms. The van der Waals surface area contributed by atoms with Gasteiger partial charge in [0.1, 0.15) is 0 Å². The average Bonchev–Trinajstić information content (AvgIpc) is 2.37. The van der Waals surface area contributed by atoms with Crippen LogP contribution in [-0.4, -0.2) is 18.1 Å². The molecule has 0 aliphatic carbocycles. The minimum Gasteiger partial charge on any atom is -0.316 e. The van der Waals surface area contributed by atoms with E-state index in [4.69, 9.17) is 0 Å². The lowest BCUT2D eigenvalue weighted by atomic mass is 9.78. The van der Waals surface area contributed by atoms with Gasteiger partial charge >= 0.3 is 0 Å². The van der Waals surface area contributed by atoms with E-state index in [-0.39, 0.29) is 0 Å². The van der Waals surface area contributed by atoms with E-state index in [2.05, 4.69) is 59.1 Å². The fraction of sp³-hybridized carbons (Fsp3) is 0.643. The molecule has 0 atom stereocenters. The van der Waals surface area contributed by atoms with Crippen LogP contribution >= 0.6 is 15.9 Å². The first-order chi connectivity index (χ1) is 8.15. The van der Waals surface area contributed by atoms with Crippen molar-refractivity contribution in [3.05, 3.63) is 28.5 Å². The summed E-state index contributed by atoms with van der Waals surface area (Å²) >= 11 is 3.43. The van der Waals surface area contributed by atoms with Gasteiger partial charge in [-0.25, -0.2) is 0 Å². The van der Waals surface area contributed by atoms with Crippen LogP contribution in [-0.2, 0) is 6.42 Å². The molecule has 3 heteroatoms. The molecule has 0 aliphatic rings. The third kappa shape index (κ3) is 4.40. The summed E-state index contributed by atoms with van der Waals surface area (Å²) in [4.78, 5) is 4.49. The lowest BCUT2D eigenvalue weighted by Gasteiger charge is -2.31. The van der Waals surface area contributed by atoms with E-state index in [1.807, 2.05) is 6.20 Å². The Bertz CT molecular complexity index is 317. The molecule has 0 spiro atoms. The van der Waals surface area contributed by atoms with E-state index in [9.17, 15) is 0 Å². The fourth-order valence-corrected chi connectivity index (χ4v) is 2.33. The van der Waals surface area contributed by atoms with Crippen molar-refractivity contribution in [2.24, 2.45) is 5.41 Å². The average molecular weight is 299 g/mol. The van der Waals surface area contributed by atoms with Gasteiger partial charge in [0.05, 0.1) is 0 Å². The van der Waals surface area contributed by atoms with Gasteiger partial charge in [0, 0.05) is 22.9 Å². The quantitative estimate of drug-likeness (QED) is 0.828. The predicted molar refractivity (Wildman–Crippen MR) is 77.2 cm³/mol. The fourth-order valence-electron chi connectivity index (χ4n) is 2.10. The Labute approximate surface area is 113 Å². The maximum absolute atomic E-state index is 4.49. The van der Waals surface area contributed by atoms with Crippen molar-refractivity contribution in [1.29, 1.82) is 0 Å².